The number of nitrogens with two attached hydrogens (primary N) is 1. The highest BCUT2D eigenvalue weighted by molar-refractivity contribution is 8.00. The Bertz CT molecular complexity index is 1210. The Labute approximate surface area is 196 Å². The average Bonchev–Trinajstić information content (AvgIpc) is 2.98. The van der Waals surface area contributed by atoms with E-state index in [0.717, 1.165) is 28.1 Å². The van der Waals surface area contributed by atoms with Crippen LogP contribution in [-0.2, 0) is 9.59 Å². The number of primary amides is 1. The van der Waals surface area contributed by atoms with Crippen molar-refractivity contribution in [3.05, 3.63) is 64.8 Å². The van der Waals surface area contributed by atoms with E-state index in [1.807, 2.05) is 61.9 Å². The van der Waals surface area contributed by atoms with E-state index < -0.39 is 5.91 Å². The van der Waals surface area contributed by atoms with Gasteiger partial charge in [-0.2, -0.15) is 5.10 Å². The van der Waals surface area contributed by atoms with Gasteiger partial charge < -0.3 is 20.5 Å². The van der Waals surface area contributed by atoms with Crippen LogP contribution in [0.1, 0.15) is 34.6 Å². The number of para-hydroxylation sites is 1. The van der Waals surface area contributed by atoms with Crippen molar-refractivity contribution in [2.75, 3.05) is 24.3 Å². The second kappa shape index (κ2) is 9.58. The van der Waals surface area contributed by atoms with Gasteiger partial charge in [0.15, 0.2) is 18.1 Å². The third kappa shape index (κ3) is 4.68. The van der Waals surface area contributed by atoms with Crippen LogP contribution in [0.25, 0.3) is 5.69 Å². The number of anilines is 1. The molecule has 0 spiro atoms. The van der Waals surface area contributed by atoms with E-state index in [9.17, 15) is 9.59 Å². The standard InChI is InChI=1S/C24H26N4O4S/c1-4-31-19-11-16(9-10-18(19)32-12-20(25)29)23-22-15(3)27-28(17-8-6-5-7-14(17)2)24(22)26-21(30)13-33-23/h5-11,23H,4,12-13H2,1-3H3,(H2,25,29)(H,26,30)/t23-/m1/s1. The maximum absolute atomic E-state index is 12.6. The summed E-state index contributed by atoms with van der Waals surface area (Å²) in [4.78, 5) is 23.8. The summed E-state index contributed by atoms with van der Waals surface area (Å²) < 4.78 is 13.1. The zero-order valence-corrected chi connectivity index (χ0v) is 19.6. The Morgan fingerprint density at radius 1 is 1.21 bits per heavy atom. The largest absolute Gasteiger partial charge is 0.490 e. The number of nitrogens with zero attached hydrogens (tertiary/aromatic N) is 2. The molecule has 3 aromatic rings. The lowest BCUT2D eigenvalue weighted by Crippen LogP contribution is -2.20. The molecular formula is C24H26N4O4S. The van der Waals surface area contributed by atoms with E-state index in [1.165, 1.54) is 11.8 Å². The smallest absolute Gasteiger partial charge is 0.255 e. The molecule has 0 radical (unpaired) electrons. The minimum absolute atomic E-state index is 0.0788. The fraction of sp³-hybridized carbons (Fsp3) is 0.292. The fourth-order valence-electron chi connectivity index (χ4n) is 3.85. The summed E-state index contributed by atoms with van der Waals surface area (Å²) in [7, 11) is 0. The minimum atomic E-state index is -0.561. The predicted octanol–water partition coefficient (Wildman–Crippen LogP) is 3.53. The molecule has 172 valence electrons. The number of amides is 2. The number of benzene rings is 2. The number of rotatable bonds is 7. The van der Waals surface area contributed by atoms with Gasteiger partial charge >= 0.3 is 0 Å². The van der Waals surface area contributed by atoms with Crippen LogP contribution in [0.5, 0.6) is 11.5 Å². The molecule has 0 unspecified atom stereocenters. The van der Waals surface area contributed by atoms with Gasteiger partial charge in [-0.25, -0.2) is 4.68 Å². The van der Waals surface area contributed by atoms with Gasteiger partial charge in [-0.1, -0.05) is 24.3 Å². The van der Waals surface area contributed by atoms with E-state index >= 15 is 0 Å². The number of ether oxygens (including phenoxy) is 2. The predicted molar refractivity (Wildman–Crippen MR) is 128 cm³/mol. The second-order valence-corrected chi connectivity index (χ2v) is 8.77. The zero-order chi connectivity index (χ0) is 23.5. The van der Waals surface area contributed by atoms with Crippen molar-refractivity contribution in [3.8, 4) is 17.2 Å². The maximum Gasteiger partial charge on any atom is 0.255 e. The van der Waals surface area contributed by atoms with Gasteiger partial charge in [0.1, 0.15) is 5.82 Å². The fourth-order valence-corrected chi connectivity index (χ4v) is 5.02. The summed E-state index contributed by atoms with van der Waals surface area (Å²) in [6.45, 7) is 6.04. The van der Waals surface area contributed by atoms with Crippen LogP contribution in [0.3, 0.4) is 0 Å². The van der Waals surface area contributed by atoms with Crippen LogP contribution in [0.15, 0.2) is 42.5 Å². The monoisotopic (exact) mass is 466 g/mol. The highest BCUT2D eigenvalue weighted by Gasteiger charge is 2.31. The molecule has 0 aliphatic carbocycles. The molecule has 2 amide bonds. The molecule has 0 fully saturated rings. The summed E-state index contributed by atoms with van der Waals surface area (Å²) in [5, 5.41) is 7.68. The van der Waals surface area contributed by atoms with Crippen LogP contribution >= 0.6 is 11.8 Å². The maximum atomic E-state index is 12.6. The molecule has 1 aromatic heterocycles. The van der Waals surface area contributed by atoms with E-state index in [1.54, 1.807) is 6.07 Å². The van der Waals surface area contributed by atoms with Gasteiger partial charge in [0, 0.05) is 5.56 Å². The van der Waals surface area contributed by atoms with Gasteiger partial charge in [0.25, 0.3) is 5.91 Å². The Balaban J connectivity index is 1.80. The van der Waals surface area contributed by atoms with Crippen LogP contribution in [0, 0.1) is 13.8 Å². The van der Waals surface area contributed by atoms with Gasteiger partial charge in [0.05, 0.1) is 29.0 Å². The number of hydrogen-bond donors (Lipinski definition) is 2. The number of nitrogens with one attached hydrogen (secondary N) is 1. The lowest BCUT2D eigenvalue weighted by Gasteiger charge is -2.18. The van der Waals surface area contributed by atoms with E-state index in [-0.39, 0.29) is 17.8 Å². The van der Waals surface area contributed by atoms with Gasteiger partial charge in [-0.15, -0.1) is 11.8 Å². The molecule has 2 heterocycles. The molecule has 4 rings (SSSR count). The molecule has 3 N–H and O–H groups in total. The topological polar surface area (TPSA) is 108 Å². The summed E-state index contributed by atoms with van der Waals surface area (Å²) in [6.07, 6.45) is 0. The number of carbonyl (C=O) groups is 2. The zero-order valence-electron chi connectivity index (χ0n) is 18.8. The molecule has 1 aliphatic heterocycles. The number of aryl methyl sites for hydroxylation is 2. The van der Waals surface area contributed by atoms with E-state index in [2.05, 4.69) is 5.32 Å². The Morgan fingerprint density at radius 2 is 2.00 bits per heavy atom. The summed E-state index contributed by atoms with van der Waals surface area (Å²) >= 11 is 1.53. The Kier molecular flexibility index (Phi) is 6.60. The summed E-state index contributed by atoms with van der Waals surface area (Å²) in [6, 6.07) is 13.5. The van der Waals surface area contributed by atoms with Crippen LogP contribution in [0.2, 0.25) is 0 Å². The molecule has 1 atom stereocenters. The first-order valence-corrected chi connectivity index (χ1v) is 11.7. The van der Waals surface area contributed by atoms with Crippen molar-refractivity contribution in [3.63, 3.8) is 0 Å². The molecule has 1 aliphatic rings. The summed E-state index contributed by atoms with van der Waals surface area (Å²) in [5.74, 6) is 1.30. The number of hydrogen-bond acceptors (Lipinski definition) is 6. The average molecular weight is 467 g/mol. The number of fused-ring (bicyclic) bond motifs is 1. The van der Waals surface area contributed by atoms with Crippen molar-refractivity contribution in [1.29, 1.82) is 0 Å². The Hall–Kier alpha value is -3.46. The number of aromatic nitrogens is 2. The lowest BCUT2D eigenvalue weighted by molar-refractivity contribution is -0.120. The number of thioether (sulfide) groups is 1. The van der Waals surface area contributed by atoms with E-state index in [4.69, 9.17) is 20.3 Å². The third-order valence-electron chi connectivity index (χ3n) is 5.29. The third-order valence-corrected chi connectivity index (χ3v) is 6.56. The molecular weight excluding hydrogens is 440 g/mol. The van der Waals surface area contributed by atoms with Crippen molar-refractivity contribution in [2.24, 2.45) is 5.73 Å². The van der Waals surface area contributed by atoms with Crippen molar-refractivity contribution >= 4 is 29.4 Å². The van der Waals surface area contributed by atoms with Crippen molar-refractivity contribution in [2.45, 2.75) is 26.0 Å². The first kappa shape index (κ1) is 22.7. The molecule has 8 nitrogen and oxygen atoms in total. The van der Waals surface area contributed by atoms with Crippen LogP contribution in [0.4, 0.5) is 5.82 Å². The first-order valence-electron chi connectivity index (χ1n) is 10.6. The van der Waals surface area contributed by atoms with Crippen molar-refractivity contribution < 1.29 is 19.1 Å². The second-order valence-electron chi connectivity index (χ2n) is 7.68. The Morgan fingerprint density at radius 3 is 2.73 bits per heavy atom. The highest BCUT2D eigenvalue weighted by atomic mass is 32.2. The summed E-state index contributed by atoms with van der Waals surface area (Å²) in [5.41, 5.74) is 9.91. The lowest BCUT2D eigenvalue weighted by atomic mass is 10.0. The van der Waals surface area contributed by atoms with Gasteiger partial charge in [-0.3, -0.25) is 9.59 Å². The minimum Gasteiger partial charge on any atom is -0.490 e. The molecule has 9 heteroatoms. The molecule has 0 saturated heterocycles. The van der Waals surface area contributed by atoms with Gasteiger partial charge in [-0.05, 0) is 50.1 Å². The quantitative estimate of drug-likeness (QED) is 0.552. The normalized spacial score (nSPS) is 15.4. The first-order chi connectivity index (χ1) is 15.9. The molecule has 0 saturated carbocycles. The molecule has 33 heavy (non-hydrogen) atoms. The van der Waals surface area contributed by atoms with Gasteiger partial charge in [0.2, 0.25) is 5.91 Å². The van der Waals surface area contributed by atoms with E-state index in [0.29, 0.717) is 29.7 Å². The molecule has 0 bridgehead atoms. The highest BCUT2D eigenvalue weighted by Crippen LogP contribution is 2.45. The SMILES string of the molecule is CCOc1cc([C@H]2SCC(=O)Nc3c2c(C)nn3-c2ccccc2C)ccc1OCC(N)=O. The van der Waals surface area contributed by atoms with Crippen LogP contribution in [-0.4, -0.2) is 40.6 Å². The number of carbonyl (C=O) groups excluding carboxylic acids is 2. The van der Waals surface area contributed by atoms with Crippen LogP contribution < -0.4 is 20.5 Å². The van der Waals surface area contributed by atoms with Crippen molar-refractivity contribution in [1.82, 2.24) is 9.78 Å². The molecule has 2 aromatic carbocycles.